The zero-order valence-electron chi connectivity index (χ0n) is 10.2. The molecule has 0 bridgehead atoms. The minimum absolute atomic E-state index is 0.0520. The molecule has 6 heteroatoms. The summed E-state index contributed by atoms with van der Waals surface area (Å²) in [4.78, 5) is 29.4. The number of benzene rings is 1. The quantitative estimate of drug-likeness (QED) is 0.761. The molecule has 3 N–H and O–H groups in total. The smallest absolute Gasteiger partial charge is 0.354 e. The van der Waals surface area contributed by atoms with Gasteiger partial charge in [-0.25, -0.2) is 9.78 Å². The molecule has 2 heterocycles. The topological polar surface area (TPSA) is 95.1 Å². The highest BCUT2D eigenvalue weighted by molar-refractivity contribution is 6.00. The number of carbonyl (C=O) groups is 2. The molecule has 0 saturated carbocycles. The van der Waals surface area contributed by atoms with Crippen LogP contribution in [0.25, 0.3) is 11.3 Å². The number of aryl methyl sites for hydroxylation is 1. The third kappa shape index (κ3) is 1.87. The van der Waals surface area contributed by atoms with Crippen molar-refractivity contribution in [2.45, 2.75) is 13.3 Å². The van der Waals surface area contributed by atoms with E-state index in [0.717, 1.165) is 11.3 Å². The van der Waals surface area contributed by atoms with Crippen LogP contribution in [0, 0.1) is 6.92 Å². The van der Waals surface area contributed by atoms with Gasteiger partial charge in [-0.3, -0.25) is 4.79 Å². The molecule has 1 aromatic heterocycles. The van der Waals surface area contributed by atoms with Gasteiger partial charge in [0.2, 0.25) is 5.91 Å². The van der Waals surface area contributed by atoms with Gasteiger partial charge < -0.3 is 15.4 Å². The average molecular weight is 257 g/mol. The number of carboxylic acids is 1. The van der Waals surface area contributed by atoms with Gasteiger partial charge in [0, 0.05) is 11.3 Å². The summed E-state index contributed by atoms with van der Waals surface area (Å²) in [5.74, 6) is -0.559. The monoisotopic (exact) mass is 257 g/mol. The maximum Gasteiger partial charge on any atom is 0.354 e. The summed E-state index contributed by atoms with van der Waals surface area (Å²) in [5, 5.41) is 11.9. The predicted octanol–water partition coefficient (Wildman–Crippen LogP) is 1.58. The van der Waals surface area contributed by atoms with E-state index in [1.54, 1.807) is 25.1 Å². The Morgan fingerprint density at radius 2 is 2.21 bits per heavy atom. The number of aromatic carboxylic acids is 1. The number of amides is 1. The first kappa shape index (κ1) is 11.5. The molecule has 0 radical (unpaired) electrons. The highest BCUT2D eigenvalue weighted by atomic mass is 16.4. The second-order valence-corrected chi connectivity index (χ2v) is 4.45. The fourth-order valence-corrected chi connectivity index (χ4v) is 2.23. The SMILES string of the molecule is Cc1nc(-c2ccc3c(c2)CC(=O)N3)c(C(=O)O)[nH]1. The van der Waals surface area contributed by atoms with Crippen molar-refractivity contribution in [1.29, 1.82) is 0 Å². The summed E-state index contributed by atoms with van der Waals surface area (Å²) in [5.41, 5.74) is 2.79. The summed E-state index contributed by atoms with van der Waals surface area (Å²) in [7, 11) is 0. The first-order chi connectivity index (χ1) is 9.04. The van der Waals surface area contributed by atoms with Crippen molar-refractivity contribution in [3.63, 3.8) is 0 Å². The number of carboxylic acid groups (broad SMARTS) is 1. The lowest BCUT2D eigenvalue weighted by atomic mass is 10.0. The molecule has 0 atom stereocenters. The number of carbonyl (C=O) groups excluding carboxylic acids is 1. The lowest BCUT2D eigenvalue weighted by Gasteiger charge is -2.02. The molecule has 3 rings (SSSR count). The summed E-state index contributed by atoms with van der Waals surface area (Å²) < 4.78 is 0. The third-order valence-electron chi connectivity index (χ3n) is 3.04. The molecule has 96 valence electrons. The normalized spacial score (nSPS) is 13.2. The molecule has 0 spiro atoms. The molecule has 1 aliphatic rings. The molecule has 2 aromatic rings. The first-order valence-electron chi connectivity index (χ1n) is 5.77. The number of aromatic nitrogens is 2. The van der Waals surface area contributed by atoms with Gasteiger partial charge in [-0.1, -0.05) is 6.07 Å². The fraction of sp³-hybridized carbons (Fsp3) is 0.154. The van der Waals surface area contributed by atoms with E-state index in [2.05, 4.69) is 15.3 Å². The first-order valence-corrected chi connectivity index (χ1v) is 5.77. The molecule has 6 nitrogen and oxygen atoms in total. The van der Waals surface area contributed by atoms with Crippen molar-refractivity contribution in [3.05, 3.63) is 35.3 Å². The Hall–Kier alpha value is -2.63. The number of H-pyrrole nitrogens is 1. The van der Waals surface area contributed by atoms with E-state index in [1.165, 1.54) is 0 Å². The van der Waals surface area contributed by atoms with Crippen LogP contribution in [-0.2, 0) is 11.2 Å². The predicted molar refractivity (Wildman–Crippen MR) is 68.1 cm³/mol. The van der Waals surface area contributed by atoms with Crippen LogP contribution in [0.4, 0.5) is 5.69 Å². The van der Waals surface area contributed by atoms with E-state index in [-0.39, 0.29) is 11.6 Å². The number of rotatable bonds is 2. The van der Waals surface area contributed by atoms with Crippen molar-refractivity contribution in [3.8, 4) is 11.3 Å². The van der Waals surface area contributed by atoms with Gasteiger partial charge in [0.15, 0.2) is 5.69 Å². The molecule has 0 unspecified atom stereocenters. The minimum Gasteiger partial charge on any atom is -0.477 e. The van der Waals surface area contributed by atoms with E-state index in [0.29, 0.717) is 23.5 Å². The zero-order chi connectivity index (χ0) is 13.6. The van der Waals surface area contributed by atoms with Crippen molar-refractivity contribution in [2.24, 2.45) is 0 Å². The van der Waals surface area contributed by atoms with Gasteiger partial charge >= 0.3 is 5.97 Å². The Morgan fingerprint density at radius 1 is 1.42 bits per heavy atom. The highest BCUT2D eigenvalue weighted by Gasteiger charge is 2.21. The zero-order valence-corrected chi connectivity index (χ0v) is 10.2. The van der Waals surface area contributed by atoms with Gasteiger partial charge in [-0.2, -0.15) is 0 Å². The Kier molecular flexibility index (Phi) is 2.38. The highest BCUT2D eigenvalue weighted by Crippen LogP contribution is 2.29. The van der Waals surface area contributed by atoms with E-state index in [9.17, 15) is 9.59 Å². The molecular formula is C13H11N3O3. The van der Waals surface area contributed by atoms with Gasteiger partial charge in [0.05, 0.1) is 6.42 Å². The number of hydrogen-bond donors (Lipinski definition) is 3. The number of nitrogens with zero attached hydrogens (tertiary/aromatic N) is 1. The van der Waals surface area contributed by atoms with Crippen LogP contribution in [0.5, 0.6) is 0 Å². The summed E-state index contributed by atoms with van der Waals surface area (Å²) in [6.45, 7) is 1.70. The largest absolute Gasteiger partial charge is 0.477 e. The maximum atomic E-state index is 11.3. The Bertz CT molecular complexity index is 703. The number of hydrogen-bond acceptors (Lipinski definition) is 3. The standard InChI is InChI=1S/C13H11N3O3/c1-6-14-11(12(15-6)13(18)19)7-2-3-9-8(4-7)5-10(17)16-9/h2-4H,5H2,1H3,(H,14,15)(H,16,17)(H,18,19). The average Bonchev–Trinajstić information content (AvgIpc) is 2.89. The summed E-state index contributed by atoms with van der Waals surface area (Å²) in [6, 6.07) is 5.33. The summed E-state index contributed by atoms with van der Waals surface area (Å²) >= 11 is 0. The van der Waals surface area contributed by atoms with E-state index in [4.69, 9.17) is 5.11 Å². The Morgan fingerprint density at radius 3 is 2.95 bits per heavy atom. The van der Waals surface area contributed by atoms with Crippen LogP contribution in [0.3, 0.4) is 0 Å². The van der Waals surface area contributed by atoms with Gasteiger partial charge in [-0.05, 0) is 24.6 Å². The van der Waals surface area contributed by atoms with Crippen molar-refractivity contribution in [2.75, 3.05) is 5.32 Å². The van der Waals surface area contributed by atoms with Gasteiger partial charge in [-0.15, -0.1) is 0 Å². The second kappa shape index (κ2) is 3.94. The lowest BCUT2D eigenvalue weighted by Crippen LogP contribution is -2.03. The number of nitrogens with one attached hydrogen (secondary N) is 2. The molecule has 1 amide bonds. The van der Waals surface area contributed by atoms with Crippen molar-refractivity contribution >= 4 is 17.6 Å². The van der Waals surface area contributed by atoms with Crippen LogP contribution in [-0.4, -0.2) is 27.0 Å². The molecule has 0 saturated heterocycles. The van der Waals surface area contributed by atoms with Crippen molar-refractivity contribution in [1.82, 2.24) is 9.97 Å². The molecule has 0 aliphatic carbocycles. The fourth-order valence-electron chi connectivity index (χ4n) is 2.23. The van der Waals surface area contributed by atoms with Crippen LogP contribution < -0.4 is 5.32 Å². The van der Waals surface area contributed by atoms with Gasteiger partial charge in [0.25, 0.3) is 0 Å². The molecular weight excluding hydrogens is 246 g/mol. The Balaban J connectivity index is 2.11. The van der Waals surface area contributed by atoms with E-state index >= 15 is 0 Å². The van der Waals surface area contributed by atoms with E-state index < -0.39 is 5.97 Å². The number of anilines is 1. The molecule has 1 aliphatic heterocycles. The lowest BCUT2D eigenvalue weighted by molar-refractivity contribution is -0.115. The van der Waals surface area contributed by atoms with Crippen molar-refractivity contribution < 1.29 is 14.7 Å². The maximum absolute atomic E-state index is 11.3. The number of imidazole rings is 1. The number of aromatic amines is 1. The van der Waals surface area contributed by atoms with Crippen LogP contribution in [0.2, 0.25) is 0 Å². The second-order valence-electron chi connectivity index (χ2n) is 4.45. The molecule has 19 heavy (non-hydrogen) atoms. The third-order valence-corrected chi connectivity index (χ3v) is 3.04. The summed E-state index contributed by atoms with van der Waals surface area (Å²) in [6.07, 6.45) is 0.314. The molecule has 1 aromatic carbocycles. The van der Waals surface area contributed by atoms with Crippen LogP contribution in [0.15, 0.2) is 18.2 Å². The van der Waals surface area contributed by atoms with Crippen LogP contribution in [0.1, 0.15) is 21.9 Å². The van der Waals surface area contributed by atoms with Crippen LogP contribution >= 0.6 is 0 Å². The number of fused-ring (bicyclic) bond motifs is 1. The van der Waals surface area contributed by atoms with E-state index in [1.807, 2.05) is 0 Å². The Labute approximate surface area is 108 Å². The van der Waals surface area contributed by atoms with Gasteiger partial charge in [0.1, 0.15) is 11.5 Å². The molecule has 0 fully saturated rings. The minimum atomic E-state index is -1.05.